The maximum atomic E-state index is 13.1. The molecule has 1 atom stereocenters. The lowest BCUT2D eigenvalue weighted by atomic mass is 9.97. The highest BCUT2D eigenvalue weighted by molar-refractivity contribution is 7.90. The molecule has 0 saturated carbocycles. The Morgan fingerprint density at radius 2 is 1.60 bits per heavy atom. The lowest BCUT2D eigenvalue weighted by Crippen LogP contribution is -2.30. The summed E-state index contributed by atoms with van der Waals surface area (Å²) in [4.78, 5) is 13.3. The zero-order chi connectivity index (χ0) is 21.7. The predicted molar refractivity (Wildman–Crippen MR) is 118 cm³/mol. The number of rotatable bonds is 7. The molecule has 0 aliphatic rings. The Balaban J connectivity index is 1.97. The van der Waals surface area contributed by atoms with Gasteiger partial charge >= 0.3 is 0 Å². The summed E-state index contributed by atoms with van der Waals surface area (Å²) in [6, 6.07) is 21.4. The Morgan fingerprint density at radius 1 is 0.967 bits per heavy atom. The number of ether oxygens (including phenoxy) is 1. The van der Waals surface area contributed by atoms with Crippen LogP contribution in [0.1, 0.15) is 40.0 Å². The van der Waals surface area contributed by atoms with E-state index in [1.807, 2.05) is 61.5 Å². The van der Waals surface area contributed by atoms with Crippen LogP contribution in [0, 0.1) is 6.92 Å². The fourth-order valence-electron chi connectivity index (χ4n) is 3.21. The molecule has 156 valence electrons. The van der Waals surface area contributed by atoms with Crippen LogP contribution in [0.2, 0.25) is 0 Å². The summed E-state index contributed by atoms with van der Waals surface area (Å²) < 4.78 is 29.4. The number of carbonyl (C=O) groups is 1. The minimum Gasteiger partial charge on any atom is -0.494 e. The van der Waals surface area contributed by atoms with E-state index >= 15 is 0 Å². The van der Waals surface area contributed by atoms with Crippen molar-refractivity contribution >= 4 is 15.7 Å². The Hall–Kier alpha value is -3.12. The minimum absolute atomic E-state index is 0.121. The molecule has 30 heavy (non-hydrogen) atoms. The summed E-state index contributed by atoms with van der Waals surface area (Å²) in [6.07, 6.45) is 1.13. The largest absolute Gasteiger partial charge is 0.494 e. The highest BCUT2D eigenvalue weighted by Gasteiger charge is 2.20. The van der Waals surface area contributed by atoms with Crippen molar-refractivity contribution in [1.82, 2.24) is 5.32 Å². The highest BCUT2D eigenvalue weighted by Crippen LogP contribution is 2.25. The quantitative estimate of drug-likeness (QED) is 0.614. The predicted octanol–water partition coefficient (Wildman–Crippen LogP) is 4.32. The third-order valence-electron chi connectivity index (χ3n) is 4.81. The maximum absolute atomic E-state index is 13.1. The molecule has 1 amide bonds. The first-order valence-corrected chi connectivity index (χ1v) is 11.6. The van der Waals surface area contributed by atoms with E-state index in [1.54, 1.807) is 13.0 Å². The van der Waals surface area contributed by atoms with Crippen LogP contribution in [0.5, 0.6) is 5.75 Å². The van der Waals surface area contributed by atoms with E-state index < -0.39 is 15.9 Å². The van der Waals surface area contributed by atoms with E-state index in [4.69, 9.17) is 4.74 Å². The van der Waals surface area contributed by atoms with Crippen LogP contribution in [-0.4, -0.2) is 27.2 Å². The second kappa shape index (κ2) is 9.13. The molecule has 5 nitrogen and oxygen atoms in total. The third-order valence-corrected chi connectivity index (χ3v) is 5.92. The van der Waals surface area contributed by atoms with Gasteiger partial charge in [0, 0.05) is 11.8 Å². The molecular weight excluding hydrogens is 398 g/mol. The average Bonchev–Trinajstić information content (AvgIpc) is 2.73. The zero-order valence-corrected chi connectivity index (χ0v) is 18.1. The van der Waals surface area contributed by atoms with Gasteiger partial charge in [-0.3, -0.25) is 4.79 Å². The molecule has 3 aromatic rings. The van der Waals surface area contributed by atoms with Gasteiger partial charge in [0.1, 0.15) is 5.75 Å². The van der Waals surface area contributed by atoms with E-state index in [-0.39, 0.29) is 10.8 Å². The van der Waals surface area contributed by atoms with Crippen LogP contribution >= 0.6 is 0 Å². The monoisotopic (exact) mass is 423 g/mol. The van der Waals surface area contributed by atoms with Gasteiger partial charge in [0.05, 0.1) is 17.5 Å². The van der Waals surface area contributed by atoms with Gasteiger partial charge in [-0.15, -0.1) is 0 Å². The number of hydrogen-bond acceptors (Lipinski definition) is 4. The fraction of sp³-hybridized carbons (Fsp3) is 0.208. The number of hydrogen-bond donors (Lipinski definition) is 1. The van der Waals surface area contributed by atoms with Crippen molar-refractivity contribution < 1.29 is 17.9 Å². The Kier molecular flexibility index (Phi) is 6.57. The molecule has 1 N–H and O–H groups in total. The molecule has 0 saturated heterocycles. The molecule has 6 heteroatoms. The standard InChI is InChI=1S/C24H25NO4S/c1-4-29-20-13-11-19(12-14-20)23(18-8-6-5-7-9-18)25-24(26)22-16-21(30(3,27)28)15-10-17(22)2/h5-16,23H,4H2,1-3H3,(H,25,26). The van der Waals surface area contributed by atoms with Gasteiger partial charge in [-0.1, -0.05) is 48.5 Å². The molecule has 0 radical (unpaired) electrons. The molecule has 0 aromatic heterocycles. The summed E-state index contributed by atoms with van der Waals surface area (Å²) in [5.74, 6) is 0.428. The smallest absolute Gasteiger partial charge is 0.252 e. The molecule has 3 rings (SSSR count). The van der Waals surface area contributed by atoms with Crippen molar-refractivity contribution in [1.29, 1.82) is 0 Å². The SMILES string of the molecule is CCOc1ccc(C(NC(=O)c2cc(S(C)(=O)=O)ccc2C)c2ccccc2)cc1. The van der Waals surface area contributed by atoms with E-state index in [0.717, 1.165) is 23.1 Å². The molecule has 1 unspecified atom stereocenters. The van der Waals surface area contributed by atoms with E-state index in [1.165, 1.54) is 12.1 Å². The van der Waals surface area contributed by atoms with Crippen molar-refractivity contribution in [2.45, 2.75) is 24.8 Å². The Labute approximate surface area is 177 Å². The zero-order valence-electron chi connectivity index (χ0n) is 17.3. The number of nitrogens with one attached hydrogen (secondary N) is 1. The lowest BCUT2D eigenvalue weighted by Gasteiger charge is -2.21. The van der Waals surface area contributed by atoms with Crippen molar-refractivity contribution in [3.63, 3.8) is 0 Å². The molecule has 0 bridgehead atoms. The molecule has 0 heterocycles. The fourth-order valence-corrected chi connectivity index (χ4v) is 3.86. The number of sulfone groups is 1. The van der Waals surface area contributed by atoms with Crippen LogP contribution in [0.25, 0.3) is 0 Å². The van der Waals surface area contributed by atoms with Gasteiger partial charge in [-0.05, 0) is 54.8 Å². The minimum atomic E-state index is -3.41. The topological polar surface area (TPSA) is 72.5 Å². The first-order chi connectivity index (χ1) is 14.3. The average molecular weight is 424 g/mol. The molecule has 0 fully saturated rings. The summed E-state index contributed by atoms with van der Waals surface area (Å²) in [7, 11) is -3.41. The van der Waals surface area contributed by atoms with Crippen molar-refractivity contribution in [2.75, 3.05) is 12.9 Å². The van der Waals surface area contributed by atoms with Crippen LogP contribution < -0.4 is 10.1 Å². The number of amides is 1. The summed E-state index contributed by atoms with van der Waals surface area (Å²) in [6.45, 7) is 4.29. The van der Waals surface area contributed by atoms with Crippen LogP contribution in [0.15, 0.2) is 77.7 Å². The maximum Gasteiger partial charge on any atom is 0.252 e. The number of benzene rings is 3. The third kappa shape index (κ3) is 5.07. The molecule has 3 aromatic carbocycles. The molecule has 0 aliphatic heterocycles. The van der Waals surface area contributed by atoms with Gasteiger partial charge in [0.15, 0.2) is 9.84 Å². The van der Waals surface area contributed by atoms with Gasteiger partial charge in [-0.2, -0.15) is 0 Å². The van der Waals surface area contributed by atoms with E-state index in [2.05, 4.69) is 5.32 Å². The second-order valence-electron chi connectivity index (χ2n) is 7.07. The molecule has 0 aliphatic carbocycles. The molecule has 0 spiro atoms. The van der Waals surface area contributed by atoms with Crippen molar-refractivity contribution in [3.8, 4) is 5.75 Å². The van der Waals surface area contributed by atoms with E-state index in [9.17, 15) is 13.2 Å². The second-order valence-corrected chi connectivity index (χ2v) is 9.08. The van der Waals surface area contributed by atoms with E-state index in [0.29, 0.717) is 17.7 Å². The first kappa shape index (κ1) is 21.6. The van der Waals surface area contributed by atoms with Gasteiger partial charge < -0.3 is 10.1 Å². The van der Waals surface area contributed by atoms with Gasteiger partial charge in [0.25, 0.3) is 5.91 Å². The first-order valence-electron chi connectivity index (χ1n) is 9.69. The molecular formula is C24H25NO4S. The lowest BCUT2D eigenvalue weighted by molar-refractivity contribution is 0.0942. The normalized spacial score (nSPS) is 12.2. The Morgan fingerprint density at radius 3 is 2.20 bits per heavy atom. The highest BCUT2D eigenvalue weighted by atomic mass is 32.2. The van der Waals surface area contributed by atoms with Crippen LogP contribution in [-0.2, 0) is 9.84 Å². The summed E-state index contributed by atoms with van der Waals surface area (Å²) >= 11 is 0. The van der Waals surface area contributed by atoms with Crippen molar-refractivity contribution in [3.05, 3.63) is 95.1 Å². The van der Waals surface area contributed by atoms with Gasteiger partial charge in [-0.25, -0.2) is 8.42 Å². The number of carbonyl (C=O) groups excluding carboxylic acids is 1. The number of aryl methyl sites for hydroxylation is 1. The van der Waals surface area contributed by atoms with Crippen LogP contribution in [0.4, 0.5) is 0 Å². The van der Waals surface area contributed by atoms with Crippen molar-refractivity contribution in [2.24, 2.45) is 0 Å². The Bertz CT molecular complexity index is 1120. The van der Waals surface area contributed by atoms with Gasteiger partial charge in [0.2, 0.25) is 0 Å². The summed E-state index contributed by atoms with van der Waals surface area (Å²) in [5.41, 5.74) is 2.87. The summed E-state index contributed by atoms with van der Waals surface area (Å²) in [5, 5.41) is 3.06. The van der Waals surface area contributed by atoms with Crippen LogP contribution in [0.3, 0.4) is 0 Å².